The van der Waals surface area contributed by atoms with E-state index in [2.05, 4.69) is 12.2 Å². The summed E-state index contributed by atoms with van der Waals surface area (Å²) in [5, 5.41) is 2.96. The van der Waals surface area contributed by atoms with Gasteiger partial charge in [-0.2, -0.15) is 0 Å². The first-order valence-corrected chi connectivity index (χ1v) is 7.70. The monoisotopic (exact) mass is 286 g/mol. The summed E-state index contributed by atoms with van der Waals surface area (Å²) in [6.07, 6.45) is 3.54. The van der Waals surface area contributed by atoms with E-state index in [1.54, 1.807) is 0 Å². The highest BCUT2D eigenvalue weighted by Gasteiger charge is 2.51. The first-order chi connectivity index (χ1) is 10.00. The van der Waals surface area contributed by atoms with Gasteiger partial charge < -0.3 is 5.32 Å². The Balaban J connectivity index is 1.76. The Labute approximate surface area is 125 Å². The molecule has 0 unspecified atom stereocenters. The van der Waals surface area contributed by atoms with Crippen molar-refractivity contribution >= 4 is 11.9 Å². The zero-order valence-electron chi connectivity index (χ0n) is 12.7. The van der Waals surface area contributed by atoms with E-state index in [0.717, 1.165) is 31.2 Å². The van der Waals surface area contributed by atoms with Crippen LogP contribution in [0.5, 0.6) is 0 Å². The lowest BCUT2D eigenvalue weighted by molar-refractivity contribution is -0.133. The van der Waals surface area contributed by atoms with Crippen molar-refractivity contribution in [2.75, 3.05) is 0 Å². The van der Waals surface area contributed by atoms with Crippen molar-refractivity contribution in [3.8, 4) is 0 Å². The van der Waals surface area contributed by atoms with Gasteiger partial charge in [-0.25, -0.2) is 4.79 Å². The fourth-order valence-corrected chi connectivity index (χ4v) is 3.29. The van der Waals surface area contributed by atoms with Crippen molar-refractivity contribution in [1.82, 2.24) is 10.2 Å². The average Bonchev–Trinajstić information content (AvgIpc) is 2.69. The summed E-state index contributed by atoms with van der Waals surface area (Å²) in [5.41, 5.74) is 1.54. The van der Waals surface area contributed by atoms with Crippen LogP contribution in [0.25, 0.3) is 0 Å². The number of rotatable bonds is 2. The van der Waals surface area contributed by atoms with Gasteiger partial charge in [0, 0.05) is 0 Å². The van der Waals surface area contributed by atoms with Crippen LogP contribution >= 0.6 is 0 Å². The standard InChI is InChI=1S/C17H22N2O2/c1-12-3-5-14(6-4-12)11-19-15(20)17(18-16(19)21)9-7-13(2)8-10-17/h3-6,13H,7-11H2,1-2H3,(H,18,21). The molecule has 112 valence electrons. The predicted molar refractivity (Wildman–Crippen MR) is 80.6 cm³/mol. The molecule has 2 aliphatic rings. The second-order valence-electron chi connectivity index (χ2n) is 6.57. The number of carbonyl (C=O) groups is 2. The summed E-state index contributed by atoms with van der Waals surface area (Å²) < 4.78 is 0. The molecule has 2 fully saturated rings. The van der Waals surface area contributed by atoms with Crippen molar-refractivity contribution in [2.45, 2.75) is 51.6 Å². The van der Waals surface area contributed by atoms with Crippen LogP contribution < -0.4 is 5.32 Å². The molecule has 0 radical (unpaired) electrons. The number of nitrogens with zero attached hydrogens (tertiary/aromatic N) is 1. The van der Waals surface area contributed by atoms with Crippen LogP contribution in [-0.2, 0) is 11.3 Å². The molecule has 1 saturated heterocycles. The molecule has 1 aliphatic heterocycles. The molecule has 0 bridgehead atoms. The largest absolute Gasteiger partial charge is 0.325 e. The number of imide groups is 1. The van der Waals surface area contributed by atoms with Crippen molar-refractivity contribution in [2.24, 2.45) is 5.92 Å². The molecule has 1 aliphatic carbocycles. The van der Waals surface area contributed by atoms with E-state index in [-0.39, 0.29) is 11.9 Å². The lowest BCUT2D eigenvalue weighted by Gasteiger charge is -2.33. The Morgan fingerprint density at radius 3 is 2.43 bits per heavy atom. The van der Waals surface area contributed by atoms with E-state index in [1.807, 2.05) is 31.2 Å². The number of urea groups is 1. The van der Waals surface area contributed by atoms with Crippen LogP contribution in [0.1, 0.15) is 43.7 Å². The number of carbonyl (C=O) groups excluding carboxylic acids is 2. The van der Waals surface area contributed by atoms with Gasteiger partial charge in [0.15, 0.2) is 0 Å². The van der Waals surface area contributed by atoms with Crippen molar-refractivity contribution in [3.05, 3.63) is 35.4 Å². The Kier molecular flexibility index (Phi) is 3.47. The molecule has 1 N–H and O–H groups in total. The quantitative estimate of drug-likeness (QED) is 0.850. The highest BCUT2D eigenvalue weighted by atomic mass is 16.2. The zero-order valence-corrected chi connectivity index (χ0v) is 12.7. The summed E-state index contributed by atoms with van der Waals surface area (Å²) in [5.74, 6) is 0.603. The number of aryl methyl sites for hydroxylation is 1. The third-order valence-corrected chi connectivity index (χ3v) is 4.84. The number of hydrogen-bond donors (Lipinski definition) is 1. The first kappa shape index (κ1) is 14.1. The van der Waals surface area contributed by atoms with E-state index >= 15 is 0 Å². The summed E-state index contributed by atoms with van der Waals surface area (Å²) >= 11 is 0. The molecule has 1 heterocycles. The highest BCUT2D eigenvalue weighted by Crippen LogP contribution is 2.36. The van der Waals surface area contributed by atoms with E-state index in [9.17, 15) is 9.59 Å². The minimum atomic E-state index is -0.631. The van der Waals surface area contributed by atoms with Crippen LogP contribution in [0.3, 0.4) is 0 Å². The summed E-state index contributed by atoms with van der Waals surface area (Å²) in [4.78, 5) is 26.3. The van der Waals surface area contributed by atoms with E-state index < -0.39 is 5.54 Å². The molecule has 4 heteroatoms. The molecule has 1 aromatic rings. The molecule has 1 spiro atoms. The molecule has 3 amide bonds. The Hall–Kier alpha value is -1.84. The van der Waals surface area contributed by atoms with Gasteiger partial charge in [-0.15, -0.1) is 0 Å². The zero-order chi connectivity index (χ0) is 15.0. The molecule has 0 atom stereocenters. The van der Waals surface area contributed by atoms with Crippen LogP contribution in [0.4, 0.5) is 4.79 Å². The summed E-state index contributed by atoms with van der Waals surface area (Å²) in [6.45, 7) is 4.59. The second-order valence-corrected chi connectivity index (χ2v) is 6.57. The Morgan fingerprint density at radius 2 is 1.81 bits per heavy atom. The molecule has 0 aromatic heterocycles. The molecule has 1 aromatic carbocycles. The summed E-state index contributed by atoms with van der Waals surface area (Å²) in [6, 6.07) is 7.72. The van der Waals surface area contributed by atoms with Crippen molar-refractivity contribution in [3.63, 3.8) is 0 Å². The number of hydrogen-bond acceptors (Lipinski definition) is 2. The topological polar surface area (TPSA) is 49.4 Å². The maximum absolute atomic E-state index is 12.7. The van der Waals surface area contributed by atoms with Crippen molar-refractivity contribution in [1.29, 1.82) is 0 Å². The van der Waals surface area contributed by atoms with Gasteiger partial charge in [0.2, 0.25) is 0 Å². The van der Waals surface area contributed by atoms with Gasteiger partial charge in [0.1, 0.15) is 5.54 Å². The number of amides is 3. The normalized spacial score (nSPS) is 29.0. The van der Waals surface area contributed by atoms with Gasteiger partial charge in [-0.05, 0) is 44.1 Å². The molecular weight excluding hydrogens is 264 g/mol. The molecule has 21 heavy (non-hydrogen) atoms. The van der Waals surface area contributed by atoms with Crippen LogP contribution in [0, 0.1) is 12.8 Å². The minimum Gasteiger partial charge on any atom is -0.323 e. The Bertz CT molecular complexity index is 557. The fraction of sp³-hybridized carbons (Fsp3) is 0.529. The predicted octanol–water partition coefficient (Wildman–Crippen LogP) is 3.00. The smallest absolute Gasteiger partial charge is 0.323 e. The van der Waals surface area contributed by atoms with Gasteiger partial charge in [-0.3, -0.25) is 9.69 Å². The van der Waals surface area contributed by atoms with E-state index in [4.69, 9.17) is 0 Å². The third kappa shape index (κ3) is 2.55. The second kappa shape index (κ2) is 5.17. The van der Waals surface area contributed by atoms with Gasteiger partial charge in [-0.1, -0.05) is 36.8 Å². The van der Waals surface area contributed by atoms with E-state index in [1.165, 1.54) is 10.5 Å². The van der Waals surface area contributed by atoms with Crippen LogP contribution in [0.2, 0.25) is 0 Å². The van der Waals surface area contributed by atoms with Crippen molar-refractivity contribution < 1.29 is 9.59 Å². The fourth-order valence-electron chi connectivity index (χ4n) is 3.29. The van der Waals surface area contributed by atoms with Gasteiger partial charge in [0.25, 0.3) is 5.91 Å². The van der Waals surface area contributed by atoms with Crippen LogP contribution in [0.15, 0.2) is 24.3 Å². The van der Waals surface area contributed by atoms with Gasteiger partial charge in [0.05, 0.1) is 6.54 Å². The lowest BCUT2D eigenvalue weighted by atomic mass is 9.77. The molecule has 1 saturated carbocycles. The maximum Gasteiger partial charge on any atom is 0.325 e. The molecule has 4 nitrogen and oxygen atoms in total. The number of nitrogens with one attached hydrogen (secondary N) is 1. The third-order valence-electron chi connectivity index (χ3n) is 4.84. The maximum atomic E-state index is 12.7. The Morgan fingerprint density at radius 1 is 1.19 bits per heavy atom. The molecular formula is C17H22N2O2. The number of benzene rings is 1. The van der Waals surface area contributed by atoms with E-state index in [0.29, 0.717) is 12.5 Å². The van der Waals surface area contributed by atoms with Crippen LogP contribution in [-0.4, -0.2) is 22.4 Å². The minimum absolute atomic E-state index is 0.0417. The van der Waals surface area contributed by atoms with Gasteiger partial charge >= 0.3 is 6.03 Å². The highest BCUT2D eigenvalue weighted by molar-refractivity contribution is 6.07. The summed E-state index contributed by atoms with van der Waals surface area (Å²) in [7, 11) is 0. The molecule has 3 rings (SSSR count). The first-order valence-electron chi connectivity index (χ1n) is 7.70. The average molecular weight is 286 g/mol. The SMILES string of the molecule is Cc1ccc(CN2C(=O)NC3(CCC(C)CC3)C2=O)cc1. The lowest BCUT2D eigenvalue weighted by Crippen LogP contribution is -2.49.